The predicted molar refractivity (Wildman–Crippen MR) is 110 cm³/mol. The number of carbonyl (C=O) groups excluding carboxylic acids is 1. The number of hydrogen-bond acceptors (Lipinski definition) is 6. The number of nitrogens with one attached hydrogen (secondary N) is 1. The number of hydrogen-bond donors (Lipinski definition) is 2. The van der Waals surface area contributed by atoms with Gasteiger partial charge in [0.15, 0.2) is 11.5 Å². The van der Waals surface area contributed by atoms with E-state index in [2.05, 4.69) is 15.1 Å². The number of methoxy groups -OCH3 is 1. The lowest BCUT2D eigenvalue weighted by Gasteiger charge is -2.26. The van der Waals surface area contributed by atoms with Crippen LogP contribution in [0.2, 0.25) is 0 Å². The lowest BCUT2D eigenvalue weighted by Crippen LogP contribution is -2.47. The number of carbonyl (C=O) groups is 1. The van der Waals surface area contributed by atoms with Crippen LogP contribution in [0.25, 0.3) is 0 Å². The fourth-order valence-electron chi connectivity index (χ4n) is 5.03. The number of benzene rings is 1. The lowest BCUT2D eigenvalue weighted by molar-refractivity contribution is -0.124. The molecule has 4 rings (SSSR count). The van der Waals surface area contributed by atoms with Gasteiger partial charge in [0.1, 0.15) is 12.7 Å². The van der Waals surface area contributed by atoms with Crippen molar-refractivity contribution in [1.29, 1.82) is 0 Å². The molecule has 0 bridgehead atoms. The predicted octanol–water partition coefficient (Wildman–Crippen LogP) is 1.10. The topological polar surface area (TPSA) is 74.3 Å². The average Bonchev–Trinajstić information content (AvgIpc) is 3.28. The molecule has 3 aliphatic rings. The Bertz CT molecular complexity index is 701. The van der Waals surface area contributed by atoms with Gasteiger partial charge in [0.05, 0.1) is 13.7 Å². The van der Waals surface area contributed by atoms with Crippen LogP contribution >= 0.6 is 0 Å². The minimum Gasteiger partial charge on any atom is -0.493 e. The first kappa shape index (κ1) is 20.4. The molecule has 2 N–H and O–H groups in total. The van der Waals surface area contributed by atoms with Crippen molar-refractivity contribution >= 4 is 5.91 Å². The summed E-state index contributed by atoms with van der Waals surface area (Å²) in [5, 5.41) is 13.3. The fourth-order valence-corrected chi connectivity index (χ4v) is 5.03. The highest BCUT2D eigenvalue weighted by molar-refractivity contribution is 5.78. The molecule has 1 aromatic rings. The third-order valence-electron chi connectivity index (χ3n) is 6.45. The Balaban J connectivity index is 1.30. The summed E-state index contributed by atoms with van der Waals surface area (Å²) in [6.07, 6.45) is 3.54. The van der Waals surface area contributed by atoms with E-state index in [1.165, 1.54) is 19.3 Å². The molecule has 2 aliphatic heterocycles. The number of piperazine rings is 1. The second kappa shape index (κ2) is 9.32. The van der Waals surface area contributed by atoms with Crippen LogP contribution in [0.5, 0.6) is 11.5 Å². The summed E-state index contributed by atoms with van der Waals surface area (Å²) in [6.45, 7) is 5.77. The molecule has 7 heteroatoms. The minimum absolute atomic E-state index is 0.0652. The second-order valence-corrected chi connectivity index (χ2v) is 8.68. The summed E-state index contributed by atoms with van der Waals surface area (Å²) < 4.78 is 11.4. The number of aliphatic hydroxyl groups is 1. The summed E-state index contributed by atoms with van der Waals surface area (Å²) in [7, 11) is 1.62. The number of fused-ring (bicyclic) bond motifs is 1. The third kappa shape index (κ3) is 5.21. The van der Waals surface area contributed by atoms with E-state index in [1.807, 2.05) is 18.2 Å². The van der Waals surface area contributed by atoms with E-state index in [4.69, 9.17) is 9.47 Å². The summed E-state index contributed by atoms with van der Waals surface area (Å²) in [6, 6.07) is 5.85. The second-order valence-electron chi connectivity index (χ2n) is 8.68. The highest BCUT2D eigenvalue weighted by Gasteiger charge is 2.36. The highest BCUT2D eigenvalue weighted by atomic mass is 16.5. The summed E-state index contributed by atoms with van der Waals surface area (Å²) >= 11 is 0. The van der Waals surface area contributed by atoms with Crippen LogP contribution in [-0.2, 0) is 11.3 Å². The lowest BCUT2D eigenvalue weighted by atomic mass is 10.0. The molecule has 1 unspecified atom stereocenters. The first-order valence-corrected chi connectivity index (χ1v) is 10.8. The van der Waals surface area contributed by atoms with Crippen molar-refractivity contribution in [1.82, 2.24) is 15.1 Å². The minimum atomic E-state index is -0.520. The first-order valence-electron chi connectivity index (χ1n) is 10.8. The zero-order valence-corrected chi connectivity index (χ0v) is 17.3. The number of rotatable bonds is 8. The highest BCUT2D eigenvalue weighted by Crippen LogP contribution is 2.37. The normalized spacial score (nSPS) is 26.2. The monoisotopic (exact) mass is 403 g/mol. The molecule has 2 saturated heterocycles. The Morgan fingerprint density at radius 2 is 2.00 bits per heavy atom. The van der Waals surface area contributed by atoms with Crippen molar-refractivity contribution in [2.75, 3.05) is 53.0 Å². The Labute approximate surface area is 173 Å². The molecule has 2 heterocycles. The van der Waals surface area contributed by atoms with E-state index >= 15 is 0 Å². The number of ether oxygens (including phenoxy) is 2. The number of amides is 1. The molecule has 3 fully saturated rings. The van der Waals surface area contributed by atoms with Gasteiger partial charge in [-0.1, -0.05) is 12.5 Å². The van der Waals surface area contributed by atoms with Crippen LogP contribution in [-0.4, -0.2) is 79.9 Å². The largest absolute Gasteiger partial charge is 0.493 e. The molecular weight excluding hydrogens is 370 g/mol. The van der Waals surface area contributed by atoms with Crippen molar-refractivity contribution in [3.8, 4) is 11.5 Å². The van der Waals surface area contributed by atoms with Crippen molar-refractivity contribution < 1.29 is 19.4 Å². The van der Waals surface area contributed by atoms with Gasteiger partial charge >= 0.3 is 0 Å². The molecule has 0 aromatic heterocycles. The Morgan fingerprint density at radius 3 is 2.72 bits per heavy atom. The van der Waals surface area contributed by atoms with Crippen LogP contribution in [0, 0.1) is 11.8 Å². The Morgan fingerprint density at radius 1 is 1.21 bits per heavy atom. The standard InChI is InChI=1S/C22H33N3O4/c1-28-20-6-5-16(10-24-8-7-23-22(27)14-24)9-21(20)29-15-19(26)13-25-11-17-3-2-4-18(17)12-25/h5-6,9,17-19,26H,2-4,7-8,10-15H2,1H3,(H,23,27)/t17-,18+,19?. The molecule has 1 saturated carbocycles. The molecule has 1 aromatic carbocycles. The van der Waals surface area contributed by atoms with Crippen LogP contribution in [0.3, 0.4) is 0 Å². The molecule has 0 radical (unpaired) electrons. The summed E-state index contributed by atoms with van der Waals surface area (Å²) in [4.78, 5) is 16.1. The van der Waals surface area contributed by atoms with Gasteiger partial charge in [-0.2, -0.15) is 0 Å². The van der Waals surface area contributed by atoms with Crippen LogP contribution in [0.1, 0.15) is 24.8 Å². The number of β-amino-alcohol motifs (C(OH)–C–C–N with tert-alkyl or cyclic N) is 1. The zero-order valence-electron chi connectivity index (χ0n) is 17.3. The maximum Gasteiger partial charge on any atom is 0.234 e. The Kier molecular flexibility index (Phi) is 6.57. The maximum atomic E-state index is 11.6. The van der Waals surface area contributed by atoms with E-state index in [-0.39, 0.29) is 12.5 Å². The van der Waals surface area contributed by atoms with Crippen LogP contribution in [0.15, 0.2) is 18.2 Å². The molecule has 1 aliphatic carbocycles. The molecule has 160 valence electrons. The quantitative estimate of drug-likeness (QED) is 0.677. The number of nitrogens with zero attached hydrogens (tertiary/aromatic N) is 2. The number of aliphatic hydroxyl groups excluding tert-OH is 1. The van der Waals surface area contributed by atoms with Crippen molar-refractivity contribution in [2.45, 2.75) is 31.9 Å². The first-order chi connectivity index (χ1) is 14.1. The van der Waals surface area contributed by atoms with Gasteiger partial charge in [-0.15, -0.1) is 0 Å². The van der Waals surface area contributed by atoms with E-state index in [0.717, 1.165) is 37.0 Å². The maximum absolute atomic E-state index is 11.6. The van der Waals surface area contributed by atoms with Crippen molar-refractivity contribution in [3.63, 3.8) is 0 Å². The van der Waals surface area contributed by atoms with Crippen molar-refractivity contribution in [2.24, 2.45) is 11.8 Å². The van der Waals surface area contributed by atoms with Gasteiger partial charge in [0.2, 0.25) is 5.91 Å². The van der Waals surface area contributed by atoms with E-state index in [0.29, 0.717) is 37.7 Å². The van der Waals surface area contributed by atoms with Crippen LogP contribution in [0.4, 0.5) is 0 Å². The Hall–Kier alpha value is -1.83. The van der Waals surface area contributed by atoms with Gasteiger partial charge in [-0.25, -0.2) is 0 Å². The molecule has 1 amide bonds. The summed E-state index contributed by atoms with van der Waals surface area (Å²) in [5.41, 5.74) is 1.07. The van der Waals surface area contributed by atoms with Gasteiger partial charge < -0.3 is 24.8 Å². The van der Waals surface area contributed by atoms with Crippen molar-refractivity contribution in [3.05, 3.63) is 23.8 Å². The number of likely N-dealkylation sites (tertiary alicyclic amines) is 1. The SMILES string of the molecule is COc1ccc(CN2CCNC(=O)C2)cc1OCC(O)CN1C[C@H]2CCC[C@H]2C1. The van der Waals surface area contributed by atoms with E-state index in [9.17, 15) is 9.90 Å². The molecular formula is C22H33N3O4. The van der Waals surface area contributed by atoms with E-state index < -0.39 is 6.10 Å². The van der Waals surface area contributed by atoms with E-state index in [1.54, 1.807) is 7.11 Å². The smallest absolute Gasteiger partial charge is 0.234 e. The van der Waals surface area contributed by atoms with Gasteiger partial charge in [0, 0.05) is 39.3 Å². The molecule has 29 heavy (non-hydrogen) atoms. The molecule has 7 nitrogen and oxygen atoms in total. The fraction of sp³-hybridized carbons (Fsp3) is 0.682. The third-order valence-corrected chi connectivity index (χ3v) is 6.45. The molecule has 3 atom stereocenters. The average molecular weight is 404 g/mol. The van der Waals surface area contributed by atoms with Gasteiger partial charge in [-0.3, -0.25) is 9.69 Å². The zero-order chi connectivity index (χ0) is 20.2. The molecule has 0 spiro atoms. The summed E-state index contributed by atoms with van der Waals surface area (Å²) in [5.74, 6) is 3.03. The van der Waals surface area contributed by atoms with Crippen LogP contribution < -0.4 is 14.8 Å². The van der Waals surface area contributed by atoms with Gasteiger partial charge in [0.25, 0.3) is 0 Å². The van der Waals surface area contributed by atoms with Gasteiger partial charge in [-0.05, 0) is 42.4 Å².